The molecule has 1 saturated heterocycles. The number of para-hydroxylation sites is 1. The number of benzene rings is 1. The Morgan fingerprint density at radius 1 is 1.24 bits per heavy atom. The SMILES string of the molecule is CS(=O)(=O)N1CCN(C(=O)CSc2ccccc2N)CC1. The van der Waals surface area contributed by atoms with Gasteiger partial charge in [0, 0.05) is 36.8 Å². The zero-order chi connectivity index (χ0) is 15.5. The molecule has 1 aliphatic rings. The third-order valence-corrected chi connectivity index (χ3v) is 5.71. The van der Waals surface area contributed by atoms with Crippen molar-refractivity contribution in [3.63, 3.8) is 0 Å². The molecule has 0 aliphatic carbocycles. The van der Waals surface area contributed by atoms with E-state index < -0.39 is 10.0 Å². The van der Waals surface area contributed by atoms with Crippen molar-refractivity contribution in [2.45, 2.75) is 4.90 Å². The molecule has 1 heterocycles. The minimum Gasteiger partial charge on any atom is -0.398 e. The van der Waals surface area contributed by atoms with Crippen LogP contribution in [0.4, 0.5) is 5.69 Å². The Morgan fingerprint density at radius 3 is 2.43 bits per heavy atom. The first-order chi connectivity index (χ1) is 9.88. The van der Waals surface area contributed by atoms with Gasteiger partial charge in [-0.3, -0.25) is 4.79 Å². The molecule has 1 aromatic carbocycles. The highest BCUT2D eigenvalue weighted by atomic mass is 32.2. The van der Waals surface area contributed by atoms with Crippen molar-refractivity contribution in [3.05, 3.63) is 24.3 Å². The number of nitrogens with zero attached hydrogens (tertiary/aromatic N) is 2. The van der Waals surface area contributed by atoms with Crippen molar-refractivity contribution in [1.29, 1.82) is 0 Å². The zero-order valence-electron chi connectivity index (χ0n) is 11.9. The standard InChI is InChI=1S/C13H19N3O3S2/c1-21(18,19)16-8-6-15(7-9-16)13(17)10-20-12-5-3-2-4-11(12)14/h2-5H,6-10,14H2,1H3. The fourth-order valence-electron chi connectivity index (χ4n) is 2.11. The highest BCUT2D eigenvalue weighted by Gasteiger charge is 2.25. The van der Waals surface area contributed by atoms with Crippen molar-refractivity contribution in [1.82, 2.24) is 9.21 Å². The maximum atomic E-state index is 12.1. The van der Waals surface area contributed by atoms with E-state index in [4.69, 9.17) is 5.73 Å². The van der Waals surface area contributed by atoms with Crippen LogP contribution in [0.5, 0.6) is 0 Å². The van der Waals surface area contributed by atoms with Crippen LogP contribution < -0.4 is 5.73 Å². The molecule has 0 radical (unpaired) electrons. The molecule has 0 bridgehead atoms. The van der Waals surface area contributed by atoms with E-state index in [-0.39, 0.29) is 5.91 Å². The van der Waals surface area contributed by atoms with Gasteiger partial charge in [-0.25, -0.2) is 8.42 Å². The number of anilines is 1. The van der Waals surface area contributed by atoms with Gasteiger partial charge >= 0.3 is 0 Å². The molecule has 1 aliphatic heterocycles. The Kier molecular flexibility index (Phi) is 5.13. The second-order valence-corrected chi connectivity index (χ2v) is 7.87. The molecule has 2 N–H and O–H groups in total. The maximum Gasteiger partial charge on any atom is 0.233 e. The summed E-state index contributed by atoms with van der Waals surface area (Å²) in [6, 6.07) is 7.42. The first-order valence-corrected chi connectivity index (χ1v) is 9.41. The predicted octanol–water partition coefficient (Wildman–Crippen LogP) is 0.465. The quantitative estimate of drug-likeness (QED) is 0.641. The fraction of sp³-hybridized carbons (Fsp3) is 0.462. The highest BCUT2D eigenvalue weighted by molar-refractivity contribution is 8.00. The summed E-state index contributed by atoms with van der Waals surface area (Å²) in [6.07, 6.45) is 1.19. The van der Waals surface area contributed by atoms with E-state index in [0.29, 0.717) is 37.6 Å². The highest BCUT2D eigenvalue weighted by Crippen LogP contribution is 2.24. The van der Waals surface area contributed by atoms with Crippen LogP contribution in [0.1, 0.15) is 0 Å². The van der Waals surface area contributed by atoms with E-state index in [2.05, 4.69) is 0 Å². The molecule has 1 aromatic rings. The Bertz CT molecular complexity index is 611. The summed E-state index contributed by atoms with van der Waals surface area (Å²) in [6.45, 7) is 1.61. The Hall–Kier alpha value is -1.25. The van der Waals surface area contributed by atoms with Crippen molar-refractivity contribution >= 4 is 33.4 Å². The second-order valence-electron chi connectivity index (χ2n) is 4.87. The van der Waals surface area contributed by atoms with Gasteiger partial charge in [0.1, 0.15) is 0 Å². The number of amides is 1. The lowest BCUT2D eigenvalue weighted by atomic mass is 10.3. The van der Waals surface area contributed by atoms with Gasteiger partial charge in [0.2, 0.25) is 15.9 Å². The molecule has 0 atom stereocenters. The van der Waals surface area contributed by atoms with Crippen LogP contribution in [0, 0.1) is 0 Å². The number of nitrogens with two attached hydrogens (primary N) is 1. The number of carbonyl (C=O) groups excluding carboxylic acids is 1. The molecule has 2 rings (SSSR count). The van der Waals surface area contributed by atoms with Gasteiger partial charge < -0.3 is 10.6 Å². The van der Waals surface area contributed by atoms with E-state index in [1.807, 2.05) is 18.2 Å². The Labute approximate surface area is 129 Å². The van der Waals surface area contributed by atoms with Crippen LogP contribution in [0.2, 0.25) is 0 Å². The van der Waals surface area contributed by atoms with Gasteiger partial charge in [-0.1, -0.05) is 12.1 Å². The van der Waals surface area contributed by atoms with E-state index in [1.165, 1.54) is 22.3 Å². The zero-order valence-corrected chi connectivity index (χ0v) is 13.5. The normalized spacial score (nSPS) is 16.9. The second kappa shape index (κ2) is 6.67. The summed E-state index contributed by atoms with van der Waals surface area (Å²) < 4.78 is 24.2. The van der Waals surface area contributed by atoms with Crippen LogP contribution >= 0.6 is 11.8 Å². The van der Waals surface area contributed by atoms with E-state index in [0.717, 1.165) is 4.90 Å². The van der Waals surface area contributed by atoms with Crippen LogP contribution in [-0.2, 0) is 14.8 Å². The molecule has 1 fully saturated rings. The van der Waals surface area contributed by atoms with Crippen LogP contribution in [0.3, 0.4) is 0 Å². The summed E-state index contributed by atoms with van der Waals surface area (Å²) in [7, 11) is -3.16. The number of hydrogen-bond donors (Lipinski definition) is 1. The van der Waals surface area contributed by atoms with Gasteiger partial charge in [-0.15, -0.1) is 11.8 Å². The van der Waals surface area contributed by atoms with Crippen molar-refractivity contribution in [2.75, 3.05) is 43.9 Å². The van der Waals surface area contributed by atoms with Crippen LogP contribution in [0.15, 0.2) is 29.2 Å². The molecule has 0 unspecified atom stereocenters. The molecule has 1 amide bonds. The molecule has 6 nitrogen and oxygen atoms in total. The van der Waals surface area contributed by atoms with Crippen LogP contribution in [-0.4, -0.2) is 61.7 Å². The minimum absolute atomic E-state index is 0.0106. The summed E-state index contributed by atoms with van der Waals surface area (Å²) in [5, 5.41) is 0. The molecular weight excluding hydrogens is 310 g/mol. The number of rotatable bonds is 4. The van der Waals surface area contributed by atoms with Gasteiger partial charge in [0.25, 0.3) is 0 Å². The van der Waals surface area contributed by atoms with Gasteiger partial charge in [-0.2, -0.15) is 4.31 Å². The lowest BCUT2D eigenvalue weighted by Crippen LogP contribution is -2.50. The van der Waals surface area contributed by atoms with Crippen molar-refractivity contribution in [2.24, 2.45) is 0 Å². The number of thioether (sulfide) groups is 1. The molecule has 21 heavy (non-hydrogen) atoms. The first-order valence-electron chi connectivity index (χ1n) is 6.58. The lowest BCUT2D eigenvalue weighted by molar-refractivity contribution is -0.129. The topological polar surface area (TPSA) is 83.7 Å². The van der Waals surface area contributed by atoms with Crippen molar-refractivity contribution in [3.8, 4) is 0 Å². The van der Waals surface area contributed by atoms with Crippen molar-refractivity contribution < 1.29 is 13.2 Å². The van der Waals surface area contributed by atoms with Gasteiger partial charge in [0.05, 0.1) is 12.0 Å². The Balaban J connectivity index is 1.84. The summed E-state index contributed by atoms with van der Waals surface area (Å²) in [5.74, 6) is 0.323. The third kappa shape index (κ3) is 4.36. The summed E-state index contributed by atoms with van der Waals surface area (Å²) >= 11 is 1.41. The number of carbonyl (C=O) groups is 1. The van der Waals surface area contributed by atoms with Crippen LogP contribution in [0.25, 0.3) is 0 Å². The average molecular weight is 329 g/mol. The van der Waals surface area contributed by atoms with E-state index in [9.17, 15) is 13.2 Å². The van der Waals surface area contributed by atoms with Gasteiger partial charge in [0.15, 0.2) is 0 Å². The van der Waals surface area contributed by atoms with E-state index >= 15 is 0 Å². The predicted molar refractivity (Wildman–Crippen MR) is 84.6 cm³/mol. The fourth-order valence-corrected chi connectivity index (χ4v) is 3.81. The number of piperazine rings is 1. The molecule has 0 saturated carbocycles. The number of sulfonamides is 1. The molecule has 116 valence electrons. The minimum atomic E-state index is -3.16. The summed E-state index contributed by atoms with van der Waals surface area (Å²) in [5.41, 5.74) is 6.50. The summed E-state index contributed by atoms with van der Waals surface area (Å²) in [4.78, 5) is 14.7. The smallest absolute Gasteiger partial charge is 0.233 e. The largest absolute Gasteiger partial charge is 0.398 e. The molecular formula is C13H19N3O3S2. The molecule has 0 aromatic heterocycles. The van der Waals surface area contributed by atoms with E-state index in [1.54, 1.807) is 11.0 Å². The number of hydrogen-bond acceptors (Lipinski definition) is 5. The first kappa shape index (κ1) is 16.1. The lowest BCUT2D eigenvalue weighted by Gasteiger charge is -2.33. The molecule has 8 heteroatoms. The average Bonchev–Trinajstić information content (AvgIpc) is 2.45. The maximum absolute atomic E-state index is 12.1. The monoisotopic (exact) mass is 329 g/mol. The third-order valence-electron chi connectivity index (χ3n) is 3.33. The molecule has 0 spiro atoms. The Morgan fingerprint density at radius 2 is 1.86 bits per heavy atom. The van der Waals surface area contributed by atoms with Gasteiger partial charge in [-0.05, 0) is 12.1 Å². The number of nitrogen functional groups attached to an aromatic ring is 1.